The second kappa shape index (κ2) is 9.90. The maximum absolute atomic E-state index is 13.1. The molecule has 0 aliphatic carbocycles. The fourth-order valence-corrected chi connectivity index (χ4v) is 4.72. The number of aryl methyl sites for hydroxylation is 2. The lowest BCUT2D eigenvalue weighted by molar-refractivity contribution is 0.0746. The Bertz CT molecular complexity index is 1470. The van der Waals surface area contributed by atoms with E-state index in [1.54, 1.807) is 6.07 Å². The number of nitrogens with zero attached hydrogens (tertiary/aromatic N) is 2. The number of carbonyl (C=O) groups excluding carboxylic acids is 1. The van der Waals surface area contributed by atoms with Gasteiger partial charge in [-0.3, -0.25) is 4.79 Å². The molecule has 0 radical (unpaired) electrons. The summed E-state index contributed by atoms with van der Waals surface area (Å²) in [5.74, 6) is 0.682. The molecule has 1 aromatic heterocycles. The monoisotopic (exact) mass is 482 g/mol. The molecule has 4 aromatic rings. The third kappa shape index (κ3) is 4.85. The number of ether oxygens (including phenoxy) is 1. The fourth-order valence-electron chi connectivity index (χ4n) is 4.72. The number of amides is 1. The van der Waals surface area contributed by atoms with Crippen LogP contribution < -0.4 is 15.3 Å². The molecule has 1 amide bonds. The molecule has 3 aromatic carbocycles. The van der Waals surface area contributed by atoms with E-state index in [4.69, 9.17) is 9.15 Å². The topological polar surface area (TPSA) is 63.0 Å². The molecule has 1 aliphatic rings. The van der Waals surface area contributed by atoms with Crippen molar-refractivity contribution in [2.75, 3.05) is 31.1 Å². The van der Waals surface area contributed by atoms with Gasteiger partial charge >= 0.3 is 5.63 Å². The van der Waals surface area contributed by atoms with Gasteiger partial charge in [0.05, 0.1) is 0 Å². The van der Waals surface area contributed by atoms with Gasteiger partial charge in [-0.25, -0.2) is 4.79 Å². The molecule has 0 N–H and O–H groups in total. The van der Waals surface area contributed by atoms with Crippen LogP contribution in [0, 0.1) is 20.8 Å². The Labute approximate surface area is 210 Å². The quantitative estimate of drug-likeness (QED) is 0.363. The van der Waals surface area contributed by atoms with Gasteiger partial charge in [-0.05, 0) is 73.4 Å². The second-order valence-corrected chi connectivity index (χ2v) is 9.39. The third-order valence-electron chi connectivity index (χ3n) is 7.01. The highest BCUT2D eigenvalue weighted by Gasteiger charge is 2.23. The molecule has 6 heteroatoms. The molecule has 1 fully saturated rings. The van der Waals surface area contributed by atoms with Crippen LogP contribution >= 0.6 is 0 Å². The minimum Gasteiger partial charge on any atom is -0.489 e. The number of hydrogen-bond donors (Lipinski definition) is 0. The number of rotatable bonds is 5. The van der Waals surface area contributed by atoms with Crippen molar-refractivity contribution in [3.05, 3.63) is 105 Å². The van der Waals surface area contributed by atoms with Gasteiger partial charge in [-0.1, -0.05) is 24.3 Å². The van der Waals surface area contributed by atoms with Crippen molar-refractivity contribution < 1.29 is 13.9 Å². The highest BCUT2D eigenvalue weighted by Crippen LogP contribution is 2.25. The summed E-state index contributed by atoms with van der Waals surface area (Å²) in [5, 5.41) is 0.889. The Morgan fingerprint density at radius 2 is 1.64 bits per heavy atom. The maximum Gasteiger partial charge on any atom is 0.336 e. The molecule has 0 atom stereocenters. The molecule has 0 bridgehead atoms. The maximum atomic E-state index is 13.1. The molecule has 184 valence electrons. The third-order valence-corrected chi connectivity index (χ3v) is 7.01. The number of fused-ring (bicyclic) bond motifs is 1. The molecule has 6 nitrogen and oxygen atoms in total. The largest absolute Gasteiger partial charge is 0.489 e. The van der Waals surface area contributed by atoms with Crippen LogP contribution in [0.25, 0.3) is 11.0 Å². The van der Waals surface area contributed by atoms with Crippen molar-refractivity contribution in [2.24, 2.45) is 0 Å². The van der Waals surface area contributed by atoms with E-state index in [-0.39, 0.29) is 11.5 Å². The lowest BCUT2D eigenvalue weighted by Crippen LogP contribution is -2.49. The fraction of sp³-hybridized carbons (Fsp3) is 0.267. The van der Waals surface area contributed by atoms with Crippen molar-refractivity contribution in [1.82, 2.24) is 4.90 Å². The van der Waals surface area contributed by atoms with Crippen molar-refractivity contribution in [3.8, 4) is 5.75 Å². The van der Waals surface area contributed by atoms with Crippen molar-refractivity contribution in [1.29, 1.82) is 0 Å². The summed E-state index contributed by atoms with van der Waals surface area (Å²) in [4.78, 5) is 29.0. The number of anilines is 1. The molecular weight excluding hydrogens is 452 g/mol. The zero-order valence-electron chi connectivity index (χ0n) is 20.9. The summed E-state index contributed by atoms with van der Waals surface area (Å²) in [5.41, 5.74) is 6.50. The van der Waals surface area contributed by atoms with Crippen LogP contribution in [-0.4, -0.2) is 37.0 Å². The van der Waals surface area contributed by atoms with E-state index in [9.17, 15) is 9.59 Å². The first-order valence-electron chi connectivity index (χ1n) is 12.3. The highest BCUT2D eigenvalue weighted by molar-refractivity contribution is 5.94. The van der Waals surface area contributed by atoms with E-state index in [1.165, 1.54) is 22.9 Å². The normalized spacial score (nSPS) is 13.8. The summed E-state index contributed by atoms with van der Waals surface area (Å²) >= 11 is 0. The lowest BCUT2D eigenvalue weighted by atomic mass is 10.1. The van der Waals surface area contributed by atoms with E-state index in [1.807, 2.05) is 48.2 Å². The van der Waals surface area contributed by atoms with Crippen molar-refractivity contribution in [2.45, 2.75) is 27.4 Å². The van der Waals surface area contributed by atoms with Gasteiger partial charge in [0.1, 0.15) is 17.9 Å². The minimum absolute atomic E-state index is 0.0583. The van der Waals surface area contributed by atoms with E-state index >= 15 is 0 Å². The summed E-state index contributed by atoms with van der Waals surface area (Å²) in [6.45, 7) is 9.59. The highest BCUT2D eigenvalue weighted by atomic mass is 16.5. The van der Waals surface area contributed by atoms with E-state index < -0.39 is 0 Å². The zero-order valence-corrected chi connectivity index (χ0v) is 20.9. The predicted octanol–water partition coefficient (Wildman–Crippen LogP) is 5.26. The SMILES string of the molecule is Cc1cccc(N2CCN(C(=O)c3ccc(COc4ccc5c(C)cc(=O)oc5c4)cc3)CC2)c1C. The number of benzene rings is 3. The Morgan fingerprint density at radius 3 is 2.39 bits per heavy atom. The smallest absolute Gasteiger partial charge is 0.336 e. The first-order valence-corrected chi connectivity index (χ1v) is 12.3. The van der Waals surface area contributed by atoms with Crippen molar-refractivity contribution in [3.63, 3.8) is 0 Å². The standard InChI is InChI=1S/C30H30N2O4/c1-20-5-4-6-27(22(20)3)31-13-15-32(16-14-31)30(34)24-9-7-23(8-10-24)19-35-25-11-12-26-21(2)17-29(33)36-28(26)18-25/h4-12,17-18H,13-16,19H2,1-3H3. The van der Waals surface area contributed by atoms with Crippen LogP contribution in [0.2, 0.25) is 0 Å². The molecule has 1 aliphatic heterocycles. The number of piperazine rings is 1. The minimum atomic E-state index is -0.371. The number of carbonyl (C=O) groups is 1. The van der Waals surface area contributed by atoms with Gasteiger partial charge in [0.15, 0.2) is 0 Å². The Hall–Kier alpha value is -4.06. The van der Waals surface area contributed by atoms with E-state index in [0.717, 1.165) is 29.6 Å². The van der Waals surface area contributed by atoms with Gasteiger partial charge in [0.2, 0.25) is 0 Å². The predicted molar refractivity (Wildman–Crippen MR) is 142 cm³/mol. The lowest BCUT2D eigenvalue weighted by Gasteiger charge is -2.37. The zero-order chi connectivity index (χ0) is 25.2. The van der Waals surface area contributed by atoms with Crippen LogP contribution in [0.4, 0.5) is 5.69 Å². The van der Waals surface area contributed by atoms with Crippen molar-refractivity contribution >= 4 is 22.6 Å². The Balaban J connectivity index is 1.18. The van der Waals surface area contributed by atoms with Crippen LogP contribution in [-0.2, 0) is 6.61 Å². The molecule has 0 spiro atoms. The first-order chi connectivity index (χ1) is 17.4. The molecule has 1 saturated heterocycles. The summed E-state index contributed by atoms with van der Waals surface area (Å²) in [7, 11) is 0. The second-order valence-electron chi connectivity index (χ2n) is 9.39. The van der Waals surface area contributed by atoms with Gasteiger partial charge in [0.25, 0.3) is 5.91 Å². The summed E-state index contributed by atoms with van der Waals surface area (Å²) in [6.07, 6.45) is 0. The first kappa shape index (κ1) is 23.7. The van der Waals surface area contributed by atoms with E-state index in [0.29, 0.717) is 36.6 Å². The molecule has 5 rings (SSSR count). The van der Waals surface area contributed by atoms with Gasteiger partial charge < -0.3 is 19.0 Å². The molecule has 0 saturated carbocycles. The summed E-state index contributed by atoms with van der Waals surface area (Å²) < 4.78 is 11.2. The number of hydrogen-bond acceptors (Lipinski definition) is 5. The Morgan fingerprint density at radius 1 is 0.889 bits per heavy atom. The Kier molecular flexibility index (Phi) is 6.51. The van der Waals surface area contributed by atoms with Crippen LogP contribution in [0.1, 0.15) is 32.6 Å². The van der Waals surface area contributed by atoms with Gasteiger partial charge in [-0.15, -0.1) is 0 Å². The average molecular weight is 483 g/mol. The van der Waals surface area contributed by atoms with Crippen LogP contribution in [0.3, 0.4) is 0 Å². The van der Waals surface area contributed by atoms with Crippen LogP contribution in [0.15, 0.2) is 75.9 Å². The molecule has 36 heavy (non-hydrogen) atoms. The van der Waals surface area contributed by atoms with Gasteiger partial charge in [-0.2, -0.15) is 0 Å². The molecular formula is C30H30N2O4. The average Bonchev–Trinajstić information content (AvgIpc) is 2.89. The summed E-state index contributed by atoms with van der Waals surface area (Å²) in [6, 6.07) is 20.9. The molecule has 2 heterocycles. The molecule has 0 unspecified atom stereocenters. The van der Waals surface area contributed by atoms with Gasteiger partial charge in [0, 0.05) is 54.9 Å². The van der Waals surface area contributed by atoms with Crippen LogP contribution in [0.5, 0.6) is 5.75 Å². The van der Waals surface area contributed by atoms with E-state index in [2.05, 4.69) is 36.9 Å².